The van der Waals surface area contributed by atoms with Gasteiger partial charge in [0.15, 0.2) is 0 Å². The summed E-state index contributed by atoms with van der Waals surface area (Å²) in [4.78, 5) is 26.2. The van der Waals surface area contributed by atoms with Crippen molar-refractivity contribution in [2.45, 2.75) is 0 Å². The summed E-state index contributed by atoms with van der Waals surface area (Å²) in [5, 5.41) is 10.6. The van der Waals surface area contributed by atoms with Gasteiger partial charge in [-0.05, 0) is 36.4 Å². The molecule has 26 heavy (non-hydrogen) atoms. The molecular formula is C18H19N3O5. The predicted octanol–water partition coefficient (Wildman–Crippen LogP) is 2.92. The Hall–Kier alpha value is -3.29. The van der Waals surface area contributed by atoms with Gasteiger partial charge in [-0.15, -0.1) is 0 Å². The first-order valence-corrected chi connectivity index (χ1v) is 8.17. The van der Waals surface area contributed by atoms with Crippen molar-refractivity contribution < 1.29 is 19.2 Å². The monoisotopic (exact) mass is 357 g/mol. The van der Waals surface area contributed by atoms with E-state index < -0.39 is 11.0 Å². The van der Waals surface area contributed by atoms with Crippen LogP contribution in [0, 0.1) is 10.1 Å². The fourth-order valence-electron chi connectivity index (χ4n) is 2.74. The van der Waals surface area contributed by atoms with Gasteiger partial charge in [-0.25, -0.2) is 4.79 Å². The van der Waals surface area contributed by atoms with Crippen LogP contribution in [-0.4, -0.2) is 49.2 Å². The third-order valence-corrected chi connectivity index (χ3v) is 4.23. The van der Waals surface area contributed by atoms with Gasteiger partial charge in [0.2, 0.25) is 0 Å². The molecule has 0 spiro atoms. The van der Waals surface area contributed by atoms with Crippen molar-refractivity contribution in [2.75, 3.05) is 38.2 Å². The molecule has 136 valence electrons. The van der Waals surface area contributed by atoms with Crippen molar-refractivity contribution in [3.63, 3.8) is 0 Å². The minimum absolute atomic E-state index is 0.0436. The number of nitrogens with zero attached hydrogens (tertiary/aromatic N) is 3. The maximum Gasteiger partial charge on any atom is 0.415 e. The second-order valence-corrected chi connectivity index (χ2v) is 5.79. The van der Waals surface area contributed by atoms with E-state index in [9.17, 15) is 14.9 Å². The first-order chi connectivity index (χ1) is 12.6. The number of benzene rings is 2. The predicted molar refractivity (Wildman–Crippen MR) is 95.9 cm³/mol. The Morgan fingerprint density at radius 2 is 1.54 bits per heavy atom. The Bertz CT molecular complexity index is 768. The van der Waals surface area contributed by atoms with Gasteiger partial charge in [-0.1, -0.05) is 0 Å². The minimum atomic E-state index is -0.496. The molecule has 0 aromatic heterocycles. The van der Waals surface area contributed by atoms with E-state index in [2.05, 4.69) is 4.90 Å². The Morgan fingerprint density at radius 3 is 2.08 bits per heavy atom. The number of ether oxygens (including phenoxy) is 2. The third-order valence-electron chi connectivity index (χ3n) is 4.23. The van der Waals surface area contributed by atoms with E-state index in [-0.39, 0.29) is 11.4 Å². The summed E-state index contributed by atoms with van der Waals surface area (Å²) in [5.41, 5.74) is 1.03. The van der Waals surface area contributed by atoms with Crippen molar-refractivity contribution in [2.24, 2.45) is 0 Å². The summed E-state index contributed by atoms with van der Waals surface area (Å²) >= 11 is 0. The van der Waals surface area contributed by atoms with Gasteiger partial charge in [0, 0.05) is 44.0 Å². The zero-order valence-electron chi connectivity index (χ0n) is 14.3. The van der Waals surface area contributed by atoms with Crippen molar-refractivity contribution in [3.8, 4) is 11.5 Å². The molecule has 1 fully saturated rings. The van der Waals surface area contributed by atoms with Crippen LogP contribution in [0.3, 0.4) is 0 Å². The number of amides is 1. The van der Waals surface area contributed by atoms with Crippen LogP contribution in [0.5, 0.6) is 11.5 Å². The average molecular weight is 357 g/mol. The molecule has 1 aliphatic heterocycles. The highest BCUT2D eigenvalue weighted by atomic mass is 16.6. The Morgan fingerprint density at radius 1 is 0.962 bits per heavy atom. The Balaban J connectivity index is 1.53. The molecule has 1 heterocycles. The topological polar surface area (TPSA) is 85.2 Å². The molecule has 0 aliphatic carbocycles. The van der Waals surface area contributed by atoms with Crippen molar-refractivity contribution in [1.82, 2.24) is 4.90 Å². The normalized spacial score (nSPS) is 14.0. The van der Waals surface area contributed by atoms with Crippen LogP contribution in [-0.2, 0) is 0 Å². The lowest BCUT2D eigenvalue weighted by atomic mass is 10.2. The molecule has 8 nitrogen and oxygen atoms in total. The molecule has 0 N–H and O–H groups in total. The van der Waals surface area contributed by atoms with E-state index >= 15 is 0 Å². The molecule has 0 unspecified atom stereocenters. The zero-order valence-corrected chi connectivity index (χ0v) is 14.3. The molecule has 3 rings (SSSR count). The first kappa shape index (κ1) is 17.5. The summed E-state index contributed by atoms with van der Waals surface area (Å²) in [6.07, 6.45) is -0.451. The number of carbonyl (C=O) groups is 1. The maximum atomic E-state index is 12.2. The largest absolute Gasteiger partial charge is 0.497 e. The fourth-order valence-corrected chi connectivity index (χ4v) is 2.74. The summed E-state index contributed by atoms with van der Waals surface area (Å²) in [5.74, 6) is 1.09. The molecule has 8 heteroatoms. The molecule has 1 saturated heterocycles. The molecule has 1 aliphatic rings. The lowest BCUT2D eigenvalue weighted by molar-refractivity contribution is -0.384. The van der Waals surface area contributed by atoms with Crippen LogP contribution < -0.4 is 14.4 Å². The van der Waals surface area contributed by atoms with Crippen LogP contribution in [0.15, 0.2) is 48.5 Å². The van der Waals surface area contributed by atoms with Crippen LogP contribution in [0.2, 0.25) is 0 Å². The van der Waals surface area contributed by atoms with E-state index in [4.69, 9.17) is 9.47 Å². The number of hydrogen-bond donors (Lipinski definition) is 0. The van der Waals surface area contributed by atoms with E-state index in [0.29, 0.717) is 26.2 Å². The van der Waals surface area contributed by atoms with Crippen molar-refractivity contribution >= 4 is 17.5 Å². The molecule has 1 amide bonds. The highest BCUT2D eigenvalue weighted by molar-refractivity contribution is 5.71. The first-order valence-electron chi connectivity index (χ1n) is 8.17. The quantitative estimate of drug-likeness (QED) is 0.618. The Kier molecular flexibility index (Phi) is 5.21. The Labute approximate surface area is 150 Å². The zero-order chi connectivity index (χ0) is 18.5. The van der Waals surface area contributed by atoms with Gasteiger partial charge in [0.05, 0.1) is 12.0 Å². The minimum Gasteiger partial charge on any atom is -0.497 e. The number of methoxy groups -OCH3 is 1. The number of hydrogen-bond acceptors (Lipinski definition) is 6. The summed E-state index contributed by atoms with van der Waals surface area (Å²) < 4.78 is 10.4. The fraction of sp³-hybridized carbons (Fsp3) is 0.278. The van der Waals surface area contributed by atoms with Gasteiger partial charge < -0.3 is 19.3 Å². The van der Waals surface area contributed by atoms with Crippen LogP contribution in [0.1, 0.15) is 0 Å². The molecule has 0 radical (unpaired) electrons. The summed E-state index contributed by atoms with van der Waals surface area (Å²) in [6.45, 7) is 2.47. The lowest BCUT2D eigenvalue weighted by Crippen LogP contribution is -2.49. The van der Waals surface area contributed by atoms with Crippen LogP contribution in [0.25, 0.3) is 0 Å². The van der Waals surface area contributed by atoms with E-state index in [1.807, 2.05) is 24.3 Å². The standard InChI is InChI=1S/C18H19N3O5/c1-25-16-6-2-14(3-7-16)19-10-12-20(13-11-19)18(22)26-17-8-4-15(5-9-17)21(23)24/h2-9H,10-13H2,1H3. The number of carbonyl (C=O) groups excluding carboxylic acids is 1. The third kappa shape index (κ3) is 4.02. The number of non-ortho nitro benzene ring substituents is 1. The molecule has 2 aromatic rings. The smallest absolute Gasteiger partial charge is 0.415 e. The number of piperazine rings is 1. The SMILES string of the molecule is COc1ccc(N2CCN(C(=O)Oc3ccc([N+](=O)[O-])cc3)CC2)cc1. The highest BCUT2D eigenvalue weighted by Gasteiger charge is 2.23. The van der Waals surface area contributed by atoms with Gasteiger partial charge >= 0.3 is 6.09 Å². The molecule has 2 aromatic carbocycles. The summed E-state index contributed by atoms with van der Waals surface area (Å²) in [7, 11) is 1.63. The van der Waals surface area contributed by atoms with Crippen molar-refractivity contribution in [1.29, 1.82) is 0 Å². The van der Waals surface area contributed by atoms with Gasteiger partial charge in [-0.3, -0.25) is 10.1 Å². The molecular weight excluding hydrogens is 338 g/mol. The molecule has 0 atom stereocenters. The number of anilines is 1. The number of nitro benzene ring substituents is 1. The maximum absolute atomic E-state index is 12.2. The van der Waals surface area contributed by atoms with Crippen molar-refractivity contribution in [3.05, 3.63) is 58.6 Å². The van der Waals surface area contributed by atoms with E-state index in [1.165, 1.54) is 24.3 Å². The van der Waals surface area contributed by atoms with Gasteiger partial charge in [-0.2, -0.15) is 0 Å². The highest BCUT2D eigenvalue weighted by Crippen LogP contribution is 2.21. The van der Waals surface area contributed by atoms with Gasteiger partial charge in [0.25, 0.3) is 5.69 Å². The number of rotatable bonds is 4. The lowest BCUT2D eigenvalue weighted by Gasteiger charge is -2.35. The average Bonchev–Trinajstić information content (AvgIpc) is 2.68. The van der Waals surface area contributed by atoms with Gasteiger partial charge in [0.1, 0.15) is 11.5 Å². The summed E-state index contributed by atoms with van der Waals surface area (Å²) in [6, 6.07) is 13.3. The van der Waals surface area contributed by atoms with E-state index in [1.54, 1.807) is 12.0 Å². The molecule has 0 saturated carbocycles. The number of nitro groups is 1. The molecule has 0 bridgehead atoms. The second-order valence-electron chi connectivity index (χ2n) is 5.79. The van der Waals surface area contributed by atoms with Crippen LogP contribution in [0.4, 0.5) is 16.2 Å². The van der Waals surface area contributed by atoms with Crippen LogP contribution >= 0.6 is 0 Å². The van der Waals surface area contributed by atoms with E-state index in [0.717, 1.165) is 11.4 Å². The second kappa shape index (κ2) is 7.73.